The van der Waals surface area contributed by atoms with Crippen molar-refractivity contribution in [1.29, 1.82) is 0 Å². The fourth-order valence-electron chi connectivity index (χ4n) is 2.55. The van der Waals surface area contributed by atoms with Crippen molar-refractivity contribution in [2.45, 2.75) is 39.5 Å². The molecule has 2 rings (SSSR count). The first-order valence-corrected chi connectivity index (χ1v) is 9.23. The van der Waals surface area contributed by atoms with Gasteiger partial charge in [0.2, 0.25) is 0 Å². The fraction of sp³-hybridized carbons (Fsp3) is 0.409. The lowest BCUT2D eigenvalue weighted by Crippen LogP contribution is -2.15. The molecule has 5 heteroatoms. The van der Waals surface area contributed by atoms with E-state index in [4.69, 9.17) is 19.3 Å². The van der Waals surface area contributed by atoms with E-state index < -0.39 is 5.97 Å². The summed E-state index contributed by atoms with van der Waals surface area (Å²) in [6.45, 7) is 9.60. The minimum atomic E-state index is -1.000. The van der Waals surface area contributed by atoms with Gasteiger partial charge in [-0.1, -0.05) is 32.9 Å². The van der Waals surface area contributed by atoms with Crippen molar-refractivity contribution in [3.8, 4) is 17.2 Å². The molecule has 0 bridgehead atoms. The van der Waals surface area contributed by atoms with E-state index in [1.807, 2.05) is 19.1 Å². The van der Waals surface area contributed by atoms with Gasteiger partial charge in [0.25, 0.3) is 0 Å². The second-order valence-corrected chi connectivity index (χ2v) is 6.86. The monoisotopic (exact) mass is 372 g/mol. The van der Waals surface area contributed by atoms with Gasteiger partial charge < -0.3 is 19.3 Å². The van der Waals surface area contributed by atoms with E-state index in [-0.39, 0.29) is 11.0 Å². The van der Waals surface area contributed by atoms with E-state index in [0.29, 0.717) is 31.3 Å². The van der Waals surface area contributed by atoms with E-state index in [1.54, 1.807) is 6.07 Å². The van der Waals surface area contributed by atoms with Gasteiger partial charge in [-0.15, -0.1) is 0 Å². The minimum Gasteiger partial charge on any atom is -0.490 e. The first-order chi connectivity index (χ1) is 12.9. The molecule has 0 fully saturated rings. The van der Waals surface area contributed by atoms with Crippen LogP contribution in [0.3, 0.4) is 0 Å². The summed E-state index contributed by atoms with van der Waals surface area (Å²) in [4.78, 5) is 11.1. The standard InChI is InChI=1S/C22H28O5/c1-5-22(3,4)17-8-10-18(11-9-17)26-13-14-27-19-12-7-16(21(23)24)15-20(19)25-6-2/h7-12,15H,5-6,13-14H2,1-4H3,(H,23,24). The lowest BCUT2D eigenvalue weighted by molar-refractivity contribution is 0.0696. The van der Waals surface area contributed by atoms with Crippen LogP contribution in [-0.2, 0) is 5.41 Å². The van der Waals surface area contributed by atoms with Crippen LogP contribution in [0.25, 0.3) is 0 Å². The van der Waals surface area contributed by atoms with Crippen molar-refractivity contribution in [2.75, 3.05) is 19.8 Å². The molecule has 0 radical (unpaired) electrons. The minimum absolute atomic E-state index is 0.152. The second-order valence-electron chi connectivity index (χ2n) is 6.86. The van der Waals surface area contributed by atoms with Gasteiger partial charge in [-0.25, -0.2) is 4.79 Å². The Labute approximate surface area is 160 Å². The summed E-state index contributed by atoms with van der Waals surface area (Å²) in [5.74, 6) is 0.718. The molecule has 1 N–H and O–H groups in total. The molecule has 0 aliphatic rings. The third-order valence-electron chi connectivity index (χ3n) is 4.62. The molecule has 2 aromatic rings. The summed E-state index contributed by atoms with van der Waals surface area (Å²) < 4.78 is 16.9. The highest BCUT2D eigenvalue weighted by Gasteiger charge is 2.17. The van der Waals surface area contributed by atoms with Gasteiger partial charge >= 0.3 is 5.97 Å². The van der Waals surface area contributed by atoms with Gasteiger partial charge in [0.15, 0.2) is 11.5 Å². The lowest BCUT2D eigenvalue weighted by atomic mass is 9.82. The lowest BCUT2D eigenvalue weighted by Gasteiger charge is -2.23. The zero-order valence-corrected chi connectivity index (χ0v) is 16.5. The molecule has 0 spiro atoms. The molecule has 146 valence electrons. The fourth-order valence-corrected chi connectivity index (χ4v) is 2.55. The molecule has 0 aromatic heterocycles. The summed E-state index contributed by atoms with van der Waals surface area (Å²) in [5.41, 5.74) is 1.60. The number of carboxylic acid groups (broad SMARTS) is 1. The number of rotatable bonds is 10. The number of hydrogen-bond acceptors (Lipinski definition) is 4. The number of carboxylic acids is 1. The molecule has 5 nitrogen and oxygen atoms in total. The predicted molar refractivity (Wildman–Crippen MR) is 105 cm³/mol. The number of hydrogen-bond donors (Lipinski definition) is 1. The van der Waals surface area contributed by atoms with Gasteiger partial charge in [-0.2, -0.15) is 0 Å². The number of benzene rings is 2. The van der Waals surface area contributed by atoms with Crippen LogP contribution >= 0.6 is 0 Å². The SMILES string of the molecule is CCOc1cc(C(=O)O)ccc1OCCOc1ccc(C(C)(C)CC)cc1. The molecule has 0 heterocycles. The first kappa shape index (κ1) is 20.6. The number of aromatic carboxylic acids is 1. The quantitative estimate of drug-likeness (QED) is 0.599. The van der Waals surface area contributed by atoms with Crippen LogP contribution in [0, 0.1) is 0 Å². The molecule has 0 aliphatic heterocycles. The molecule has 2 aromatic carbocycles. The molecule has 0 amide bonds. The Balaban J connectivity index is 1.90. The van der Waals surface area contributed by atoms with Gasteiger partial charge in [0, 0.05) is 0 Å². The van der Waals surface area contributed by atoms with Crippen molar-refractivity contribution >= 4 is 5.97 Å². The van der Waals surface area contributed by atoms with Crippen LogP contribution in [0.15, 0.2) is 42.5 Å². The van der Waals surface area contributed by atoms with Crippen molar-refractivity contribution in [2.24, 2.45) is 0 Å². The topological polar surface area (TPSA) is 65.0 Å². The van der Waals surface area contributed by atoms with Crippen molar-refractivity contribution in [3.05, 3.63) is 53.6 Å². The molecule has 27 heavy (non-hydrogen) atoms. The van der Waals surface area contributed by atoms with Gasteiger partial charge in [-0.3, -0.25) is 0 Å². The Morgan fingerprint density at radius 2 is 1.59 bits per heavy atom. The summed E-state index contributed by atoms with van der Waals surface area (Å²) in [6, 6.07) is 12.7. The molecular weight excluding hydrogens is 344 g/mol. The normalized spacial score (nSPS) is 11.1. The van der Waals surface area contributed by atoms with Crippen LogP contribution in [0.5, 0.6) is 17.2 Å². The van der Waals surface area contributed by atoms with Crippen LogP contribution in [0.4, 0.5) is 0 Å². The number of carbonyl (C=O) groups is 1. The zero-order valence-electron chi connectivity index (χ0n) is 16.5. The summed E-state index contributed by atoms with van der Waals surface area (Å²) in [6.07, 6.45) is 1.07. The Morgan fingerprint density at radius 3 is 2.19 bits per heavy atom. The smallest absolute Gasteiger partial charge is 0.335 e. The van der Waals surface area contributed by atoms with Crippen LogP contribution in [-0.4, -0.2) is 30.9 Å². The molecule has 0 saturated carbocycles. The van der Waals surface area contributed by atoms with Crippen LogP contribution < -0.4 is 14.2 Å². The molecule has 0 unspecified atom stereocenters. The molecule has 0 aliphatic carbocycles. The number of ether oxygens (including phenoxy) is 3. The van der Waals surface area contributed by atoms with Crippen LogP contribution in [0.2, 0.25) is 0 Å². The highest BCUT2D eigenvalue weighted by Crippen LogP contribution is 2.29. The van der Waals surface area contributed by atoms with Crippen molar-refractivity contribution in [3.63, 3.8) is 0 Å². The van der Waals surface area contributed by atoms with Crippen molar-refractivity contribution < 1.29 is 24.1 Å². The summed E-state index contributed by atoms with van der Waals surface area (Å²) in [7, 11) is 0. The van der Waals surface area contributed by atoms with E-state index >= 15 is 0 Å². The first-order valence-electron chi connectivity index (χ1n) is 9.23. The van der Waals surface area contributed by atoms with Gasteiger partial charge in [-0.05, 0) is 54.7 Å². The van der Waals surface area contributed by atoms with Gasteiger partial charge in [0.1, 0.15) is 19.0 Å². The third-order valence-corrected chi connectivity index (χ3v) is 4.62. The Hall–Kier alpha value is -2.69. The Morgan fingerprint density at radius 1 is 0.926 bits per heavy atom. The maximum absolute atomic E-state index is 11.1. The summed E-state index contributed by atoms with van der Waals surface area (Å²) >= 11 is 0. The molecular formula is C22H28O5. The van der Waals surface area contributed by atoms with Crippen molar-refractivity contribution in [1.82, 2.24) is 0 Å². The van der Waals surface area contributed by atoms with E-state index in [1.165, 1.54) is 17.7 Å². The maximum atomic E-state index is 11.1. The largest absolute Gasteiger partial charge is 0.490 e. The summed E-state index contributed by atoms with van der Waals surface area (Å²) in [5, 5.41) is 9.08. The third kappa shape index (κ3) is 5.64. The predicted octanol–water partition coefficient (Wildman–Crippen LogP) is 4.93. The highest BCUT2D eigenvalue weighted by molar-refractivity contribution is 5.88. The maximum Gasteiger partial charge on any atom is 0.335 e. The Kier molecular flexibility index (Phi) is 7.11. The average molecular weight is 372 g/mol. The van der Waals surface area contributed by atoms with Gasteiger partial charge in [0.05, 0.1) is 12.2 Å². The Bertz CT molecular complexity index is 750. The van der Waals surface area contributed by atoms with E-state index in [0.717, 1.165) is 12.2 Å². The van der Waals surface area contributed by atoms with E-state index in [2.05, 4.69) is 32.9 Å². The van der Waals surface area contributed by atoms with Crippen LogP contribution in [0.1, 0.15) is 50.0 Å². The zero-order chi connectivity index (χ0) is 19.9. The second kappa shape index (κ2) is 9.31. The molecule has 0 saturated heterocycles. The highest BCUT2D eigenvalue weighted by atomic mass is 16.5. The van der Waals surface area contributed by atoms with E-state index in [9.17, 15) is 4.79 Å². The average Bonchev–Trinajstić information content (AvgIpc) is 2.66. The molecule has 0 atom stereocenters.